The van der Waals surface area contributed by atoms with Crippen LogP contribution in [0.4, 0.5) is 4.39 Å². The molecule has 1 amide bonds. The standard InChI is InChI=1S/C21H21FN2O/c1-14-18(19-11-16(22)7-10-20(19)23-14)12-21(25)24(17-8-9-17)13-15-5-3-2-4-6-15/h2-7,10-11,17,23H,8-9,12-13H2,1H3. The molecule has 4 rings (SSSR count). The van der Waals surface area contributed by atoms with Crippen molar-refractivity contribution in [3.8, 4) is 0 Å². The molecule has 0 bridgehead atoms. The van der Waals surface area contributed by atoms with Crippen LogP contribution in [-0.4, -0.2) is 21.8 Å². The van der Waals surface area contributed by atoms with E-state index in [1.54, 1.807) is 6.07 Å². The van der Waals surface area contributed by atoms with Crippen LogP contribution in [0.3, 0.4) is 0 Å². The summed E-state index contributed by atoms with van der Waals surface area (Å²) in [5, 5.41) is 0.807. The Morgan fingerprint density at radius 1 is 1.20 bits per heavy atom. The maximum atomic E-state index is 13.6. The largest absolute Gasteiger partial charge is 0.358 e. The molecule has 1 fully saturated rings. The summed E-state index contributed by atoms with van der Waals surface area (Å²) in [6, 6.07) is 15.1. The highest BCUT2D eigenvalue weighted by Gasteiger charge is 2.32. The molecule has 1 aliphatic carbocycles. The van der Waals surface area contributed by atoms with Gasteiger partial charge in [0, 0.05) is 29.2 Å². The van der Waals surface area contributed by atoms with Crippen LogP contribution in [-0.2, 0) is 17.8 Å². The van der Waals surface area contributed by atoms with Gasteiger partial charge in [0.25, 0.3) is 0 Å². The van der Waals surface area contributed by atoms with E-state index in [1.165, 1.54) is 12.1 Å². The van der Waals surface area contributed by atoms with E-state index in [-0.39, 0.29) is 11.7 Å². The third kappa shape index (κ3) is 3.29. The SMILES string of the molecule is Cc1[nH]c2ccc(F)cc2c1CC(=O)N(Cc1ccccc1)C1CC1. The van der Waals surface area contributed by atoms with Crippen molar-refractivity contribution in [1.29, 1.82) is 0 Å². The molecular formula is C21H21FN2O. The number of amides is 1. The molecule has 1 saturated carbocycles. The van der Waals surface area contributed by atoms with Crippen LogP contribution in [0.25, 0.3) is 10.9 Å². The Morgan fingerprint density at radius 2 is 1.96 bits per heavy atom. The van der Waals surface area contributed by atoms with Gasteiger partial charge in [-0.05, 0) is 49.1 Å². The summed E-state index contributed by atoms with van der Waals surface area (Å²) in [4.78, 5) is 18.2. The molecule has 4 heteroatoms. The maximum absolute atomic E-state index is 13.6. The van der Waals surface area contributed by atoms with Gasteiger partial charge in [-0.15, -0.1) is 0 Å². The molecule has 3 nitrogen and oxygen atoms in total. The number of carbonyl (C=O) groups excluding carboxylic acids is 1. The molecule has 1 heterocycles. The van der Waals surface area contributed by atoms with E-state index in [4.69, 9.17) is 0 Å². The topological polar surface area (TPSA) is 36.1 Å². The minimum absolute atomic E-state index is 0.111. The number of fused-ring (bicyclic) bond motifs is 1. The fraction of sp³-hybridized carbons (Fsp3) is 0.286. The van der Waals surface area contributed by atoms with Gasteiger partial charge in [0.05, 0.1) is 6.42 Å². The number of H-pyrrole nitrogens is 1. The van der Waals surface area contributed by atoms with Gasteiger partial charge in [0.15, 0.2) is 0 Å². The zero-order valence-electron chi connectivity index (χ0n) is 14.3. The van der Waals surface area contributed by atoms with Gasteiger partial charge < -0.3 is 9.88 Å². The number of aromatic nitrogens is 1. The van der Waals surface area contributed by atoms with Crippen molar-refractivity contribution in [1.82, 2.24) is 9.88 Å². The number of aryl methyl sites for hydroxylation is 1. The first kappa shape index (κ1) is 15.9. The number of hydrogen-bond acceptors (Lipinski definition) is 1. The Balaban J connectivity index is 1.60. The zero-order chi connectivity index (χ0) is 17.4. The molecular weight excluding hydrogens is 315 g/mol. The Morgan fingerprint density at radius 3 is 2.68 bits per heavy atom. The Hall–Kier alpha value is -2.62. The van der Waals surface area contributed by atoms with Crippen LogP contribution in [0.1, 0.15) is 29.7 Å². The molecule has 0 radical (unpaired) electrons. The van der Waals surface area contributed by atoms with Gasteiger partial charge in [-0.1, -0.05) is 30.3 Å². The van der Waals surface area contributed by atoms with E-state index in [2.05, 4.69) is 17.1 Å². The normalized spacial score (nSPS) is 14.0. The summed E-state index contributed by atoms with van der Waals surface area (Å²) in [5.74, 6) is -0.164. The average Bonchev–Trinajstić information content (AvgIpc) is 3.40. The maximum Gasteiger partial charge on any atom is 0.227 e. The number of benzene rings is 2. The summed E-state index contributed by atoms with van der Waals surface area (Å²) in [6.45, 7) is 2.58. The second-order valence-electron chi connectivity index (χ2n) is 6.83. The van der Waals surface area contributed by atoms with Crippen molar-refractivity contribution >= 4 is 16.8 Å². The van der Waals surface area contributed by atoms with Crippen molar-refractivity contribution in [2.45, 2.75) is 38.8 Å². The van der Waals surface area contributed by atoms with Crippen molar-refractivity contribution < 1.29 is 9.18 Å². The average molecular weight is 336 g/mol. The number of hydrogen-bond donors (Lipinski definition) is 1. The van der Waals surface area contributed by atoms with Gasteiger partial charge in [-0.2, -0.15) is 0 Å². The molecule has 0 spiro atoms. The highest BCUT2D eigenvalue weighted by atomic mass is 19.1. The number of aromatic amines is 1. The van der Waals surface area contributed by atoms with Crippen LogP contribution in [0.5, 0.6) is 0 Å². The lowest BCUT2D eigenvalue weighted by atomic mass is 10.1. The summed E-state index contributed by atoms with van der Waals surface area (Å²) < 4.78 is 13.6. The quantitative estimate of drug-likeness (QED) is 0.739. The zero-order valence-corrected chi connectivity index (χ0v) is 14.3. The molecule has 0 atom stereocenters. The molecule has 25 heavy (non-hydrogen) atoms. The van der Waals surface area contributed by atoms with E-state index in [9.17, 15) is 9.18 Å². The fourth-order valence-electron chi connectivity index (χ4n) is 3.42. The van der Waals surface area contributed by atoms with Crippen LogP contribution in [0, 0.1) is 12.7 Å². The van der Waals surface area contributed by atoms with E-state index in [0.29, 0.717) is 19.0 Å². The monoisotopic (exact) mass is 336 g/mol. The lowest BCUT2D eigenvalue weighted by molar-refractivity contribution is -0.131. The van der Waals surface area contributed by atoms with Crippen molar-refractivity contribution in [3.63, 3.8) is 0 Å². The predicted molar refractivity (Wildman–Crippen MR) is 96.7 cm³/mol. The summed E-state index contributed by atoms with van der Waals surface area (Å²) in [5.41, 5.74) is 3.86. The van der Waals surface area contributed by atoms with Crippen LogP contribution >= 0.6 is 0 Å². The smallest absolute Gasteiger partial charge is 0.227 e. The molecule has 0 aliphatic heterocycles. The van der Waals surface area contributed by atoms with Crippen LogP contribution in [0.15, 0.2) is 48.5 Å². The van der Waals surface area contributed by atoms with E-state index in [0.717, 1.165) is 40.6 Å². The van der Waals surface area contributed by atoms with Gasteiger partial charge in [0.2, 0.25) is 5.91 Å². The molecule has 1 N–H and O–H groups in total. The van der Waals surface area contributed by atoms with Crippen molar-refractivity contribution in [3.05, 3.63) is 71.2 Å². The first-order valence-corrected chi connectivity index (χ1v) is 8.72. The van der Waals surface area contributed by atoms with Crippen LogP contribution in [0.2, 0.25) is 0 Å². The Labute approximate surface area is 146 Å². The minimum atomic E-state index is -0.275. The molecule has 128 valence electrons. The lowest BCUT2D eigenvalue weighted by Crippen LogP contribution is -2.33. The molecule has 0 unspecified atom stereocenters. The molecule has 0 saturated heterocycles. The second kappa shape index (κ2) is 6.36. The highest BCUT2D eigenvalue weighted by Crippen LogP contribution is 2.30. The first-order chi connectivity index (χ1) is 12.1. The first-order valence-electron chi connectivity index (χ1n) is 8.72. The molecule has 2 aromatic carbocycles. The van der Waals surface area contributed by atoms with Gasteiger partial charge >= 0.3 is 0 Å². The number of carbonyl (C=O) groups is 1. The molecule has 3 aromatic rings. The van der Waals surface area contributed by atoms with Crippen LogP contribution < -0.4 is 0 Å². The number of halogens is 1. The minimum Gasteiger partial charge on any atom is -0.358 e. The number of rotatable bonds is 5. The summed E-state index contributed by atoms with van der Waals surface area (Å²) in [6.07, 6.45) is 2.44. The third-order valence-corrected chi connectivity index (χ3v) is 4.91. The van der Waals surface area contributed by atoms with Crippen molar-refractivity contribution in [2.24, 2.45) is 0 Å². The number of nitrogens with one attached hydrogen (secondary N) is 1. The summed E-state index contributed by atoms with van der Waals surface area (Å²) in [7, 11) is 0. The highest BCUT2D eigenvalue weighted by molar-refractivity contribution is 5.90. The Kier molecular flexibility index (Phi) is 4.04. The van der Waals surface area contributed by atoms with Gasteiger partial charge in [-0.3, -0.25) is 4.79 Å². The van der Waals surface area contributed by atoms with E-state index >= 15 is 0 Å². The van der Waals surface area contributed by atoms with Gasteiger partial charge in [0.1, 0.15) is 5.82 Å². The van der Waals surface area contributed by atoms with Gasteiger partial charge in [-0.25, -0.2) is 4.39 Å². The number of nitrogens with zero attached hydrogens (tertiary/aromatic N) is 1. The van der Waals surface area contributed by atoms with E-state index < -0.39 is 0 Å². The lowest BCUT2D eigenvalue weighted by Gasteiger charge is -2.23. The third-order valence-electron chi connectivity index (χ3n) is 4.91. The molecule has 1 aromatic heterocycles. The predicted octanol–water partition coefficient (Wildman–Crippen LogP) is 4.35. The summed E-state index contributed by atoms with van der Waals surface area (Å²) >= 11 is 0. The van der Waals surface area contributed by atoms with Crippen molar-refractivity contribution in [2.75, 3.05) is 0 Å². The fourth-order valence-corrected chi connectivity index (χ4v) is 3.42. The Bertz CT molecular complexity index is 912. The van der Waals surface area contributed by atoms with E-state index in [1.807, 2.05) is 30.0 Å². The molecule has 1 aliphatic rings. The second-order valence-corrected chi connectivity index (χ2v) is 6.83.